The fraction of sp³-hybridized carbons (Fsp3) is 0.818. The number of hydrogen-bond acceptors (Lipinski definition) is 2. The second-order valence-electron chi connectivity index (χ2n) is 3.78. The number of ether oxygens (including phenoxy) is 1. The van der Waals surface area contributed by atoms with Crippen LogP contribution in [-0.2, 0) is 4.74 Å². The number of likely N-dealkylation sites (N-methyl/N-ethyl adjacent to an activating group) is 1. The van der Waals surface area contributed by atoms with E-state index >= 15 is 0 Å². The second-order valence-corrected chi connectivity index (χ2v) is 3.78. The van der Waals surface area contributed by atoms with Gasteiger partial charge in [0.1, 0.15) is 0 Å². The van der Waals surface area contributed by atoms with Gasteiger partial charge >= 0.3 is 0 Å². The summed E-state index contributed by atoms with van der Waals surface area (Å²) in [6.07, 6.45) is 4.07. The summed E-state index contributed by atoms with van der Waals surface area (Å²) in [5.74, 6) is 0. The standard InChI is InChI=1S/C11H23NO/c1-6-8-9-10(12-7-2)11(3,4)13-5/h6,10,12H,1,7-9H2,2-5H3. The third kappa shape index (κ3) is 4.44. The normalized spacial score (nSPS) is 14.2. The molecule has 0 heterocycles. The van der Waals surface area contributed by atoms with Crippen molar-refractivity contribution in [1.29, 1.82) is 0 Å². The summed E-state index contributed by atoms with van der Waals surface area (Å²) in [5.41, 5.74) is -0.0982. The summed E-state index contributed by atoms with van der Waals surface area (Å²) < 4.78 is 5.45. The van der Waals surface area contributed by atoms with Crippen LogP contribution < -0.4 is 5.32 Å². The first-order chi connectivity index (χ1) is 6.08. The largest absolute Gasteiger partial charge is 0.377 e. The van der Waals surface area contributed by atoms with E-state index in [9.17, 15) is 0 Å². The summed E-state index contributed by atoms with van der Waals surface area (Å²) >= 11 is 0. The molecule has 0 amide bonds. The molecular weight excluding hydrogens is 162 g/mol. The minimum absolute atomic E-state index is 0.0982. The number of nitrogens with one attached hydrogen (secondary N) is 1. The highest BCUT2D eigenvalue weighted by Gasteiger charge is 2.27. The van der Waals surface area contributed by atoms with Gasteiger partial charge in [0.2, 0.25) is 0 Å². The van der Waals surface area contributed by atoms with Gasteiger partial charge < -0.3 is 10.1 Å². The van der Waals surface area contributed by atoms with Crippen molar-refractivity contribution < 1.29 is 4.74 Å². The zero-order valence-electron chi connectivity index (χ0n) is 9.39. The Labute approximate surface area is 82.4 Å². The van der Waals surface area contributed by atoms with Crippen molar-refractivity contribution in [3.8, 4) is 0 Å². The predicted molar refractivity (Wildman–Crippen MR) is 58.0 cm³/mol. The molecule has 0 spiro atoms. The summed E-state index contributed by atoms with van der Waals surface area (Å²) in [5, 5.41) is 3.44. The Bertz CT molecular complexity index is 143. The van der Waals surface area contributed by atoms with E-state index < -0.39 is 0 Å². The third-order valence-corrected chi connectivity index (χ3v) is 2.48. The molecule has 0 radical (unpaired) electrons. The molecule has 0 aromatic heterocycles. The molecule has 0 aliphatic carbocycles. The molecule has 0 saturated heterocycles. The molecule has 13 heavy (non-hydrogen) atoms. The molecule has 1 atom stereocenters. The Hall–Kier alpha value is -0.340. The highest BCUT2D eigenvalue weighted by atomic mass is 16.5. The van der Waals surface area contributed by atoms with Gasteiger partial charge in [0.05, 0.1) is 5.60 Å². The van der Waals surface area contributed by atoms with E-state index in [2.05, 4.69) is 32.7 Å². The van der Waals surface area contributed by atoms with Gasteiger partial charge in [0.15, 0.2) is 0 Å². The zero-order valence-corrected chi connectivity index (χ0v) is 9.39. The smallest absolute Gasteiger partial charge is 0.0775 e. The Morgan fingerprint density at radius 2 is 2.15 bits per heavy atom. The van der Waals surface area contributed by atoms with Crippen LogP contribution in [0.4, 0.5) is 0 Å². The highest BCUT2D eigenvalue weighted by molar-refractivity contribution is 4.87. The first kappa shape index (κ1) is 12.7. The molecule has 0 rings (SSSR count). The van der Waals surface area contributed by atoms with Crippen LogP contribution in [0.2, 0.25) is 0 Å². The lowest BCUT2D eigenvalue weighted by atomic mass is 9.94. The van der Waals surface area contributed by atoms with E-state index in [-0.39, 0.29) is 5.60 Å². The molecule has 0 aromatic carbocycles. The molecule has 1 unspecified atom stereocenters. The fourth-order valence-corrected chi connectivity index (χ4v) is 1.37. The third-order valence-electron chi connectivity index (χ3n) is 2.48. The van der Waals surface area contributed by atoms with Crippen LogP contribution in [0.15, 0.2) is 12.7 Å². The quantitative estimate of drug-likeness (QED) is 0.615. The number of rotatable bonds is 7. The van der Waals surface area contributed by atoms with Crippen molar-refractivity contribution in [2.24, 2.45) is 0 Å². The summed E-state index contributed by atoms with van der Waals surface area (Å²) in [4.78, 5) is 0. The SMILES string of the molecule is C=CCCC(NCC)C(C)(C)OC. The fourth-order valence-electron chi connectivity index (χ4n) is 1.37. The zero-order chi connectivity index (χ0) is 10.3. The second kappa shape index (κ2) is 6.17. The molecule has 0 fully saturated rings. The number of hydrogen-bond donors (Lipinski definition) is 1. The Balaban J connectivity index is 4.13. The maximum Gasteiger partial charge on any atom is 0.0775 e. The Morgan fingerprint density at radius 1 is 1.54 bits per heavy atom. The van der Waals surface area contributed by atoms with E-state index in [0.717, 1.165) is 19.4 Å². The van der Waals surface area contributed by atoms with E-state index in [1.165, 1.54) is 0 Å². The molecule has 0 aromatic rings. The highest BCUT2D eigenvalue weighted by Crippen LogP contribution is 2.17. The van der Waals surface area contributed by atoms with Gasteiger partial charge in [-0.2, -0.15) is 0 Å². The van der Waals surface area contributed by atoms with Crippen LogP contribution in [0.1, 0.15) is 33.6 Å². The van der Waals surface area contributed by atoms with Gasteiger partial charge in [-0.05, 0) is 33.2 Å². The number of methoxy groups -OCH3 is 1. The average Bonchev–Trinajstić information content (AvgIpc) is 2.12. The minimum atomic E-state index is -0.0982. The molecule has 0 aliphatic rings. The lowest BCUT2D eigenvalue weighted by molar-refractivity contribution is -0.0117. The maximum absolute atomic E-state index is 5.45. The van der Waals surface area contributed by atoms with Gasteiger partial charge in [-0.15, -0.1) is 6.58 Å². The molecule has 0 bridgehead atoms. The molecule has 2 nitrogen and oxygen atoms in total. The predicted octanol–water partition coefficient (Wildman–Crippen LogP) is 2.36. The maximum atomic E-state index is 5.45. The van der Waals surface area contributed by atoms with Crippen LogP contribution in [0.25, 0.3) is 0 Å². The molecule has 0 saturated carbocycles. The van der Waals surface area contributed by atoms with Gasteiger partial charge in [-0.3, -0.25) is 0 Å². The van der Waals surface area contributed by atoms with Crippen molar-refractivity contribution in [1.82, 2.24) is 5.32 Å². The average molecular weight is 185 g/mol. The Morgan fingerprint density at radius 3 is 2.54 bits per heavy atom. The van der Waals surface area contributed by atoms with Gasteiger partial charge in [0.25, 0.3) is 0 Å². The van der Waals surface area contributed by atoms with Crippen LogP contribution in [0.5, 0.6) is 0 Å². The van der Waals surface area contributed by atoms with E-state index in [4.69, 9.17) is 4.74 Å². The van der Waals surface area contributed by atoms with Crippen LogP contribution in [-0.4, -0.2) is 25.3 Å². The van der Waals surface area contributed by atoms with Crippen molar-refractivity contribution in [3.63, 3.8) is 0 Å². The van der Waals surface area contributed by atoms with Gasteiger partial charge in [-0.25, -0.2) is 0 Å². The summed E-state index contributed by atoms with van der Waals surface area (Å²) in [6, 6.07) is 0.403. The van der Waals surface area contributed by atoms with Crippen LogP contribution in [0.3, 0.4) is 0 Å². The van der Waals surface area contributed by atoms with E-state index in [1.54, 1.807) is 7.11 Å². The summed E-state index contributed by atoms with van der Waals surface area (Å²) in [7, 11) is 1.76. The van der Waals surface area contributed by atoms with E-state index in [1.807, 2.05) is 6.08 Å². The Kier molecular flexibility index (Phi) is 6.00. The summed E-state index contributed by atoms with van der Waals surface area (Å²) in [6.45, 7) is 11.1. The van der Waals surface area contributed by atoms with Crippen molar-refractivity contribution in [3.05, 3.63) is 12.7 Å². The molecule has 1 N–H and O–H groups in total. The first-order valence-electron chi connectivity index (χ1n) is 4.98. The molecule has 78 valence electrons. The van der Waals surface area contributed by atoms with Crippen molar-refractivity contribution in [2.45, 2.75) is 45.3 Å². The van der Waals surface area contributed by atoms with Crippen molar-refractivity contribution in [2.75, 3.05) is 13.7 Å². The molecular formula is C11H23NO. The topological polar surface area (TPSA) is 21.3 Å². The van der Waals surface area contributed by atoms with Gasteiger partial charge in [0, 0.05) is 13.2 Å². The molecule has 2 heteroatoms. The van der Waals surface area contributed by atoms with Crippen LogP contribution in [0, 0.1) is 0 Å². The van der Waals surface area contributed by atoms with Gasteiger partial charge in [-0.1, -0.05) is 13.0 Å². The van der Waals surface area contributed by atoms with Crippen LogP contribution >= 0.6 is 0 Å². The molecule has 0 aliphatic heterocycles. The minimum Gasteiger partial charge on any atom is -0.377 e. The lowest BCUT2D eigenvalue weighted by Crippen LogP contribution is -2.47. The number of allylic oxidation sites excluding steroid dienone is 1. The lowest BCUT2D eigenvalue weighted by Gasteiger charge is -2.33. The van der Waals surface area contributed by atoms with E-state index in [0.29, 0.717) is 6.04 Å². The van der Waals surface area contributed by atoms with Crippen molar-refractivity contribution >= 4 is 0 Å². The first-order valence-corrected chi connectivity index (χ1v) is 4.98. The monoisotopic (exact) mass is 185 g/mol.